The van der Waals surface area contributed by atoms with Crippen LogP contribution in [0.5, 0.6) is 0 Å². The van der Waals surface area contributed by atoms with Gasteiger partial charge in [0.15, 0.2) is 0 Å². The van der Waals surface area contributed by atoms with Crippen LogP contribution in [-0.4, -0.2) is 37.6 Å². The number of benzene rings is 1. The van der Waals surface area contributed by atoms with Gasteiger partial charge in [0.05, 0.1) is 6.10 Å². The van der Waals surface area contributed by atoms with E-state index < -0.39 is 12.1 Å². The van der Waals surface area contributed by atoms with Crippen LogP contribution in [0.4, 0.5) is 5.69 Å². The number of carbonyl (C=O) groups excluding carboxylic acids is 1. The number of nitrogens with one attached hydrogen (secondary N) is 2. The largest absolute Gasteiger partial charge is 0.387 e. The number of aliphatic hydroxyl groups is 1. The summed E-state index contributed by atoms with van der Waals surface area (Å²) in [6.45, 7) is 0. The van der Waals surface area contributed by atoms with Gasteiger partial charge in [-0.1, -0.05) is 18.2 Å². The molecule has 8 heteroatoms. The summed E-state index contributed by atoms with van der Waals surface area (Å²) in [6, 6.07) is 12.7. The van der Waals surface area contributed by atoms with E-state index >= 15 is 0 Å². The fourth-order valence-corrected chi connectivity index (χ4v) is 4.90. The van der Waals surface area contributed by atoms with Crippen molar-refractivity contribution < 1.29 is 9.90 Å². The molecule has 3 N–H and O–H groups in total. The predicted octanol–water partition coefficient (Wildman–Crippen LogP) is 2.16. The first-order chi connectivity index (χ1) is 16.1. The predicted molar refractivity (Wildman–Crippen MR) is 124 cm³/mol. The van der Waals surface area contributed by atoms with Crippen molar-refractivity contribution in [3.63, 3.8) is 0 Å². The fourth-order valence-electron chi connectivity index (χ4n) is 4.90. The van der Waals surface area contributed by atoms with E-state index in [0.717, 1.165) is 30.4 Å². The zero-order chi connectivity index (χ0) is 22.8. The molecule has 2 aromatic heterocycles. The first-order valence-corrected chi connectivity index (χ1v) is 11.4. The average Bonchev–Trinajstić information content (AvgIpc) is 3.49. The Bertz CT molecular complexity index is 1180. The topological polar surface area (TPSA) is 109 Å². The summed E-state index contributed by atoms with van der Waals surface area (Å²) < 4.78 is 1.49. The van der Waals surface area contributed by atoms with Crippen molar-refractivity contribution >= 4 is 11.6 Å². The third-order valence-electron chi connectivity index (χ3n) is 6.60. The first kappa shape index (κ1) is 21.5. The Morgan fingerprint density at radius 3 is 2.79 bits per heavy atom. The lowest BCUT2D eigenvalue weighted by molar-refractivity contribution is -0.119. The third-order valence-corrected chi connectivity index (χ3v) is 6.60. The van der Waals surface area contributed by atoms with Crippen molar-refractivity contribution in [1.29, 1.82) is 0 Å². The van der Waals surface area contributed by atoms with E-state index in [-0.39, 0.29) is 23.6 Å². The van der Waals surface area contributed by atoms with E-state index in [2.05, 4.69) is 20.6 Å². The fraction of sp³-hybridized carbons (Fsp3) is 0.360. The van der Waals surface area contributed by atoms with E-state index in [1.54, 1.807) is 12.4 Å². The van der Waals surface area contributed by atoms with Gasteiger partial charge in [0.1, 0.15) is 11.9 Å². The number of anilines is 1. The Morgan fingerprint density at radius 1 is 1.15 bits per heavy atom. The Hall–Kier alpha value is -3.36. The van der Waals surface area contributed by atoms with Gasteiger partial charge in [-0.25, -0.2) is 4.98 Å². The Labute approximate surface area is 191 Å². The van der Waals surface area contributed by atoms with Gasteiger partial charge in [-0.2, -0.15) is 0 Å². The SMILES string of the molecule is O=C(Nc1ccc(C[C@@H]2CC[C@H]([C@H](O)c3cccnc3)N2)cc1)[C@@H]1CCc2nccc(=O)n21. The van der Waals surface area contributed by atoms with Crippen LogP contribution < -0.4 is 16.2 Å². The zero-order valence-electron chi connectivity index (χ0n) is 18.2. The number of hydrogen-bond donors (Lipinski definition) is 3. The molecule has 2 aliphatic rings. The van der Waals surface area contributed by atoms with Gasteiger partial charge >= 0.3 is 0 Å². The van der Waals surface area contributed by atoms with Crippen molar-refractivity contribution in [2.45, 2.75) is 56.3 Å². The molecule has 5 rings (SSSR count). The van der Waals surface area contributed by atoms with Crippen molar-refractivity contribution in [1.82, 2.24) is 19.9 Å². The molecular formula is C25H27N5O3. The Morgan fingerprint density at radius 2 is 2.00 bits per heavy atom. The summed E-state index contributed by atoms with van der Waals surface area (Å²) in [7, 11) is 0. The first-order valence-electron chi connectivity index (χ1n) is 11.4. The van der Waals surface area contributed by atoms with Gasteiger partial charge in [0.2, 0.25) is 5.91 Å². The number of hydrogen-bond acceptors (Lipinski definition) is 6. The van der Waals surface area contributed by atoms with Crippen LogP contribution in [0, 0.1) is 0 Å². The maximum absolute atomic E-state index is 12.8. The second-order valence-electron chi connectivity index (χ2n) is 8.79. The summed E-state index contributed by atoms with van der Waals surface area (Å²) in [5.74, 6) is 0.468. The molecule has 3 aromatic rings. The third kappa shape index (κ3) is 4.58. The summed E-state index contributed by atoms with van der Waals surface area (Å²) in [4.78, 5) is 33.2. The van der Waals surface area contributed by atoms with E-state index in [9.17, 15) is 14.7 Å². The van der Waals surface area contributed by atoms with Gasteiger partial charge in [0, 0.05) is 54.4 Å². The molecule has 0 spiro atoms. The van der Waals surface area contributed by atoms with Gasteiger partial charge in [-0.05, 0) is 49.4 Å². The highest BCUT2D eigenvalue weighted by Crippen LogP contribution is 2.27. The molecule has 170 valence electrons. The minimum atomic E-state index is -0.565. The van der Waals surface area contributed by atoms with Crippen LogP contribution in [-0.2, 0) is 17.6 Å². The van der Waals surface area contributed by atoms with Crippen LogP contribution in [0.3, 0.4) is 0 Å². The van der Waals surface area contributed by atoms with Gasteiger partial charge in [-0.3, -0.25) is 19.1 Å². The molecule has 1 aromatic carbocycles. The van der Waals surface area contributed by atoms with Crippen molar-refractivity contribution in [2.75, 3.05) is 5.32 Å². The highest BCUT2D eigenvalue weighted by Gasteiger charge is 2.31. The number of aromatic nitrogens is 3. The zero-order valence-corrected chi connectivity index (χ0v) is 18.2. The van der Waals surface area contributed by atoms with E-state index in [1.165, 1.54) is 16.8 Å². The molecule has 8 nitrogen and oxygen atoms in total. The minimum Gasteiger partial charge on any atom is -0.387 e. The lowest BCUT2D eigenvalue weighted by Gasteiger charge is -2.20. The number of amides is 1. The number of carbonyl (C=O) groups is 1. The molecule has 0 unspecified atom stereocenters. The van der Waals surface area contributed by atoms with Crippen LogP contribution in [0.2, 0.25) is 0 Å². The number of aliphatic hydroxyl groups excluding tert-OH is 1. The molecule has 1 amide bonds. The highest BCUT2D eigenvalue weighted by atomic mass is 16.3. The summed E-state index contributed by atoms with van der Waals surface area (Å²) in [5, 5.41) is 17.1. The number of rotatable bonds is 6. The molecule has 0 saturated carbocycles. The minimum absolute atomic E-state index is 0.0185. The molecule has 0 bridgehead atoms. The smallest absolute Gasteiger partial charge is 0.254 e. The number of fused-ring (bicyclic) bond motifs is 1. The van der Waals surface area contributed by atoms with Gasteiger partial charge in [-0.15, -0.1) is 0 Å². The summed E-state index contributed by atoms with van der Waals surface area (Å²) >= 11 is 0. The Kier molecular flexibility index (Phi) is 6.02. The van der Waals surface area contributed by atoms with Crippen LogP contribution >= 0.6 is 0 Å². The monoisotopic (exact) mass is 445 g/mol. The van der Waals surface area contributed by atoms with E-state index in [4.69, 9.17) is 0 Å². The lowest BCUT2D eigenvalue weighted by Crippen LogP contribution is -2.35. The molecular weight excluding hydrogens is 418 g/mol. The van der Waals surface area contributed by atoms with Crippen molar-refractivity contribution in [3.8, 4) is 0 Å². The molecule has 1 saturated heterocycles. The van der Waals surface area contributed by atoms with Crippen molar-refractivity contribution in [2.24, 2.45) is 0 Å². The van der Waals surface area contributed by atoms with Crippen LogP contribution in [0.25, 0.3) is 0 Å². The average molecular weight is 446 g/mol. The van der Waals surface area contributed by atoms with Gasteiger partial charge < -0.3 is 15.7 Å². The van der Waals surface area contributed by atoms with Crippen LogP contribution in [0.15, 0.2) is 65.8 Å². The molecule has 0 aliphatic carbocycles. The number of pyridine rings is 1. The molecule has 2 aliphatic heterocycles. The number of nitrogens with zero attached hydrogens (tertiary/aromatic N) is 3. The summed E-state index contributed by atoms with van der Waals surface area (Å²) in [6.07, 6.45) is 8.30. The second-order valence-corrected chi connectivity index (χ2v) is 8.79. The van der Waals surface area contributed by atoms with E-state index in [0.29, 0.717) is 24.4 Å². The van der Waals surface area contributed by atoms with Gasteiger partial charge in [0.25, 0.3) is 5.56 Å². The maximum atomic E-state index is 12.8. The highest BCUT2D eigenvalue weighted by molar-refractivity contribution is 5.94. The molecule has 1 fully saturated rings. The molecule has 0 radical (unpaired) electrons. The summed E-state index contributed by atoms with van der Waals surface area (Å²) in [5.41, 5.74) is 2.51. The quantitative estimate of drug-likeness (QED) is 0.537. The normalized spacial score (nSPS) is 22.6. The van der Waals surface area contributed by atoms with Crippen LogP contribution in [0.1, 0.15) is 48.4 Å². The molecule has 4 heterocycles. The Balaban J connectivity index is 1.17. The molecule has 4 atom stereocenters. The second kappa shape index (κ2) is 9.25. The van der Waals surface area contributed by atoms with E-state index in [1.807, 2.05) is 36.4 Å². The maximum Gasteiger partial charge on any atom is 0.254 e. The lowest BCUT2D eigenvalue weighted by atomic mass is 10.0. The number of aryl methyl sites for hydroxylation is 1. The standard InChI is InChI=1S/C25H27N5O3/c31-23-11-13-27-22-10-9-21(30(22)23)25(33)29-18-5-3-16(4-6-18)14-19-7-8-20(28-19)24(32)17-2-1-12-26-15-17/h1-6,11-13,15,19-21,24,28,32H,7-10,14H2,(H,29,33)/t19-,20+,21-,24+/m0/s1. The molecule has 33 heavy (non-hydrogen) atoms. The van der Waals surface area contributed by atoms with Crippen molar-refractivity contribution in [3.05, 3.63) is 88.4 Å².